The number of rotatable bonds is 3. The van der Waals surface area contributed by atoms with Crippen molar-refractivity contribution in [2.45, 2.75) is 19.5 Å². The van der Waals surface area contributed by atoms with E-state index in [2.05, 4.69) is 4.98 Å². The SMILES string of the molecule is Cc1nc(-c2ccccc2)sc1C(=O)N1CCCN(CC(F)(F)F)CC1. The van der Waals surface area contributed by atoms with E-state index >= 15 is 0 Å². The first-order chi connectivity index (χ1) is 12.3. The molecule has 4 nitrogen and oxygen atoms in total. The van der Waals surface area contributed by atoms with Crippen LogP contribution in [0.1, 0.15) is 21.8 Å². The highest BCUT2D eigenvalue weighted by Gasteiger charge is 2.32. The standard InChI is InChI=1S/C18H20F3N3OS/c1-13-15(26-16(22-13)14-6-3-2-4-7-14)17(25)24-9-5-8-23(10-11-24)12-18(19,20)21/h2-4,6-7H,5,8-12H2,1H3. The van der Waals surface area contributed by atoms with Crippen LogP contribution in [0.5, 0.6) is 0 Å². The van der Waals surface area contributed by atoms with Gasteiger partial charge in [0, 0.05) is 31.7 Å². The Morgan fingerprint density at radius 2 is 1.88 bits per heavy atom. The summed E-state index contributed by atoms with van der Waals surface area (Å²) in [5.74, 6) is -0.143. The van der Waals surface area contributed by atoms with Crippen molar-refractivity contribution in [1.82, 2.24) is 14.8 Å². The van der Waals surface area contributed by atoms with Crippen molar-refractivity contribution in [1.29, 1.82) is 0 Å². The topological polar surface area (TPSA) is 36.4 Å². The smallest absolute Gasteiger partial charge is 0.337 e. The second-order valence-corrected chi connectivity index (χ2v) is 7.34. The van der Waals surface area contributed by atoms with Crippen molar-refractivity contribution in [2.75, 3.05) is 32.7 Å². The van der Waals surface area contributed by atoms with Gasteiger partial charge in [0.1, 0.15) is 9.88 Å². The van der Waals surface area contributed by atoms with E-state index in [-0.39, 0.29) is 12.5 Å². The minimum atomic E-state index is -4.21. The predicted octanol–water partition coefficient (Wildman–Crippen LogP) is 3.83. The molecule has 0 N–H and O–H groups in total. The Kier molecular flexibility index (Phi) is 5.62. The third-order valence-corrected chi connectivity index (χ3v) is 5.48. The molecule has 1 fully saturated rings. The van der Waals surface area contributed by atoms with Gasteiger partial charge in [-0.2, -0.15) is 13.2 Å². The van der Waals surface area contributed by atoms with Crippen LogP contribution in [0.3, 0.4) is 0 Å². The molecule has 26 heavy (non-hydrogen) atoms. The van der Waals surface area contributed by atoms with Crippen molar-refractivity contribution in [3.63, 3.8) is 0 Å². The van der Waals surface area contributed by atoms with E-state index in [1.165, 1.54) is 16.2 Å². The molecule has 0 unspecified atom stereocenters. The molecule has 0 aliphatic carbocycles. The monoisotopic (exact) mass is 383 g/mol. The number of carbonyl (C=O) groups is 1. The molecule has 0 bridgehead atoms. The van der Waals surface area contributed by atoms with Crippen LogP contribution in [-0.2, 0) is 0 Å². The third-order valence-electron chi connectivity index (χ3n) is 4.29. The lowest BCUT2D eigenvalue weighted by molar-refractivity contribution is -0.145. The van der Waals surface area contributed by atoms with E-state index in [0.29, 0.717) is 36.6 Å². The number of amides is 1. The summed E-state index contributed by atoms with van der Waals surface area (Å²) in [4.78, 5) is 20.9. The zero-order chi connectivity index (χ0) is 18.7. The largest absolute Gasteiger partial charge is 0.401 e. The summed E-state index contributed by atoms with van der Waals surface area (Å²) >= 11 is 1.34. The van der Waals surface area contributed by atoms with E-state index in [4.69, 9.17) is 0 Å². The van der Waals surface area contributed by atoms with Crippen LogP contribution in [0.15, 0.2) is 30.3 Å². The highest BCUT2D eigenvalue weighted by atomic mass is 32.1. The van der Waals surface area contributed by atoms with E-state index in [9.17, 15) is 18.0 Å². The molecule has 1 aromatic carbocycles. The molecule has 0 radical (unpaired) electrons. The highest BCUT2D eigenvalue weighted by Crippen LogP contribution is 2.29. The van der Waals surface area contributed by atoms with Crippen LogP contribution in [0.2, 0.25) is 0 Å². The number of thiazole rings is 1. The van der Waals surface area contributed by atoms with Gasteiger partial charge in [0.2, 0.25) is 0 Å². The normalized spacial score (nSPS) is 16.5. The zero-order valence-corrected chi connectivity index (χ0v) is 15.2. The minimum Gasteiger partial charge on any atom is -0.337 e. The molecule has 1 aromatic heterocycles. The van der Waals surface area contributed by atoms with Crippen molar-refractivity contribution in [3.8, 4) is 10.6 Å². The van der Waals surface area contributed by atoms with Crippen molar-refractivity contribution < 1.29 is 18.0 Å². The summed E-state index contributed by atoms with van der Waals surface area (Å²) in [7, 11) is 0. The Hall–Kier alpha value is -1.93. The van der Waals surface area contributed by atoms with Gasteiger partial charge in [-0.15, -0.1) is 11.3 Å². The Morgan fingerprint density at radius 3 is 2.58 bits per heavy atom. The van der Waals surface area contributed by atoms with E-state index in [1.54, 1.807) is 11.8 Å². The fourth-order valence-electron chi connectivity index (χ4n) is 3.03. The number of hydrogen-bond acceptors (Lipinski definition) is 4. The van der Waals surface area contributed by atoms with E-state index < -0.39 is 12.7 Å². The predicted molar refractivity (Wildman–Crippen MR) is 95.3 cm³/mol. The molecule has 0 atom stereocenters. The van der Waals surface area contributed by atoms with Crippen LogP contribution < -0.4 is 0 Å². The lowest BCUT2D eigenvalue weighted by atomic mass is 10.2. The number of nitrogens with zero attached hydrogens (tertiary/aromatic N) is 3. The summed E-state index contributed by atoms with van der Waals surface area (Å²) in [5.41, 5.74) is 1.61. The molecular weight excluding hydrogens is 363 g/mol. The summed E-state index contributed by atoms with van der Waals surface area (Å²) in [6.07, 6.45) is -3.68. The maximum absolute atomic E-state index is 12.9. The van der Waals surface area contributed by atoms with Gasteiger partial charge in [-0.1, -0.05) is 30.3 Å². The second-order valence-electron chi connectivity index (χ2n) is 6.34. The van der Waals surface area contributed by atoms with Gasteiger partial charge < -0.3 is 4.90 Å². The second kappa shape index (κ2) is 7.75. The van der Waals surface area contributed by atoms with Gasteiger partial charge in [0.25, 0.3) is 5.91 Å². The first-order valence-corrected chi connectivity index (χ1v) is 9.26. The van der Waals surface area contributed by atoms with Crippen LogP contribution in [0, 0.1) is 6.92 Å². The van der Waals surface area contributed by atoms with Gasteiger partial charge in [-0.05, 0) is 13.3 Å². The molecule has 0 spiro atoms. The number of benzene rings is 1. The fraction of sp³-hybridized carbons (Fsp3) is 0.444. The maximum atomic E-state index is 12.9. The van der Waals surface area contributed by atoms with Gasteiger partial charge >= 0.3 is 6.18 Å². The van der Waals surface area contributed by atoms with E-state index in [1.807, 2.05) is 30.3 Å². The summed E-state index contributed by atoms with van der Waals surface area (Å²) in [6.45, 7) is 2.21. The molecule has 1 amide bonds. The summed E-state index contributed by atoms with van der Waals surface area (Å²) in [6, 6.07) is 9.62. The van der Waals surface area contributed by atoms with Crippen molar-refractivity contribution in [2.24, 2.45) is 0 Å². The molecule has 0 saturated carbocycles. The van der Waals surface area contributed by atoms with Crippen LogP contribution in [0.4, 0.5) is 13.2 Å². The average molecular weight is 383 g/mol. The van der Waals surface area contributed by atoms with Gasteiger partial charge in [0.15, 0.2) is 0 Å². The van der Waals surface area contributed by atoms with Crippen LogP contribution in [-0.4, -0.2) is 59.6 Å². The molecule has 3 rings (SSSR count). The van der Waals surface area contributed by atoms with Crippen molar-refractivity contribution >= 4 is 17.2 Å². The molecule has 8 heteroatoms. The van der Waals surface area contributed by atoms with Crippen molar-refractivity contribution in [3.05, 3.63) is 40.9 Å². The molecule has 140 valence electrons. The molecule has 1 aliphatic rings. The zero-order valence-electron chi connectivity index (χ0n) is 14.4. The third kappa shape index (κ3) is 4.62. The van der Waals surface area contributed by atoms with Crippen LogP contribution in [0.25, 0.3) is 10.6 Å². The molecule has 1 aliphatic heterocycles. The average Bonchev–Trinajstić information content (AvgIpc) is 2.83. The quantitative estimate of drug-likeness (QED) is 0.808. The lowest BCUT2D eigenvalue weighted by Gasteiger charge is -2.22. The summed E-state index contributed by atoms with van der Waals surface area (Å²) in [5, 5.41) is 0.778. The molecule has 1 saturated heterocycles. The van der Waals surface area contributed by atoms with E-state index in [0.717, 1.165) is 10.6 Å². The molecular formula is C18H20F3N3OS. The number of alkyl halides is 3. The maximum Gasteiger partial charge on any atom is 0.401 e. The fourth-order valence-corrected chi connectivity index (χ4v) is 4.07. The summed E-state index contributed by atoms with van der Waals surface area (Å²) < 4.78 is 37.7. The number of hydrogen-bond donors (Lipinski definition) is 0. The Bertz CT molecular complexity index is 761. The van der Waals surface area contributed by atoms with Gasteiger partial charge in [-0.3, -0.25) is 9.69 Å². The molecule has 2 aromatic rings. The first-order valence-electron chi connectivity index (χ1n) is 8.45. The number of aryl methyl sites for hydroxylation is 1. The molecule has 2 heterocycles. The minimum absolute atomic E-state index is 0.143. The number of halogens is 3. The Morgan fingerprint density at radius 1 is 1.15 bits per heavy atom. The lowest BCUT2D eigenvalue weighted by Crippen LogP contribution is -2.38. The Labute approximate surface area is 154 Å². The van der Waals surface area contributed by atoms with Gasteiger partial charge in [-0.25, -0.2) is 4.98 Å². The number of aromatic nitrogens is 1. The van der Waals surface area contributed by atoms with Crippen LogP contribution >= 0.6 is 11.3 Å². The number of carbonyl (C=O) groups excluding carboxylic acids is 1. The highest BCUT2D eigenvalue weighted by molar-refractivity contribution is 7.17. The van der Waals surface area contributed by atoms with Gasteiger partial charge in [0.05, 0.1) is 12.2 Å². The Balaban J connectivity index is 1.71. The first kappa shape index (κ1) is 18.8.